The van der Waals surface area contributed by atoms with E-state index in [1.54, 1.807) is 0 Å². The maximum Gasteiger partial charge on any atom is 0.335 e. The first kappa shape index (κ1) is 25.6. The summed E-state index contributed by atoms with van der Waals surface area (Å²) < 4.78 is 26.1. The van der Waals surface area contributed by atoms with Gasteiger partial charge in [-0.15, -0.1) is 0 Å². The number of ether oxygens (including phenoxy) is 5. The van der Waals surface area contributed by atoms with Gasteiger partial charge in [0.15, 0.2) is 25.0 Å². The van der Waals surface area contributed by atoms with Crippen molar-refractivity contribution in [2.75, 3.05) is 6.61 Å². The van der Waals surface area contributed by atoms with E-state index < -0.39 is 98.6 Å². The first-order valence-electron chi connectivity index (χ1n) is 9.84. The van der Waals surface area contributed by atoms with Crippen LogP contribution in [0.1, 0.15) is 6.92 Å². The summed E-state index contributed by atoms with van der Waals surface area (Å²) in [5, 5.41) is 89.3. The molecule has 0 amide bonds. The second kappa shape index (κ2) is 10.1. The lowest BCUT2D eigenvalue weighted by atomic mass is 9.96. The van der Waals surface area contributed by atoms with Gasteiger partial charge in [0.05, 0.1) is 12.7 Å². The normalized spacial score (nSPS) is 52.5. The van der Waals surface area contributed by atoms with Crippen LogP contribution in [0, 0.1) is 0 Å². The molecule has 0 radical (unpaired) electrons. The summed E-state index contributed by atoms with van der Waals surface area (Å²) in [6, 6.07) is 0. The number of aliphatic hydroxyl groups excluding tert-OH is 8. The number of rotatable bonds is 5. The molecule has 3 heterocycles. The van der Waals surface area contributed by atoms with Crippen LogP contribution in [0.4, 0.5) is 0 Å². The summed E-state index contributed by atoms with van der Waals surface area (Å²) >= 11 is 0. The minimum absolute atomic E-state index is 0.475. The van der Waals surface area contributed by atoms with Crippen LogP contribution >= 0.6 is 0 Å². The van der Waals surface area contributed by atoms with Crippen molar-refractivity contribution in [3.05, 3.63) is 0 Å². The highest BCUT2D eigenvalue weighted by atomic mass is 16.8. The van der Waals surface area contributed by atoms with Crippen LogP contribution in [0.5, 0.6) is 0 Å². The Kier molecular flexibility index (Phi) is 8.04. The fourth-order valence-electron chi connectivity index (χ4n) is 3.68. The zero-order valence-electron chi connectivity index (χ0n) is 16.8. The van der Waals surface area contributed by atoms with E-state index in [-0.39, 0.29) is 0 Å². The monoisotopic (exact) mass is 472 g/mol. The van der Waals surface area contributed by atoms with Crippen molar-refractivity contribution < 1.29 is 74.4 Å². The zero-order chi connectivity index (χ0) is 23.9. The molecule has 3 aliphatic heterocycles. The van der Waals surface area contributed by atoms with Gasteiger partial charge in [-0.1, -0.05) is 0 Å². The zero-order valence-corrected chi connectivity index (χ0v) is 16.8. The molecular weight excluding hydrogens is 444 g/mol. The second-order valence-electron chi connectivity index (χ2n) is 7.91. The Balaban J connectivity index is 1.85. The first-order chi connectivity index (χ1) is 14.9. The third kappa shape index (κ3) is 4.90. The van der Waals surface area contributed by atoms with Crippen LogP contribution in [0.25, 0.3) is 0 Å². The van der Waals surface area contributed by atoms with Crippen molar-refractivity contribution in [3.8, 4) is 0 Å². The molecule has 0 unspecified atom stereocenters. The van der Waals surface area contributed by atoms with Gasteiger partial charge in [-0.05, 0) is 6.92 Å². The third-order valence-electron chi connectivity index (χ3n) is 5.63. The molecule has 0 saturated carbocycles. The van der Waals surface area contributed by atoms with E-state index >= 15 is 0 Å². The van der Waals surface area contributed by atoms with E-state index in [1.807, 2.05) is 0 Å². The van der Waals surface area contributed by atoms with Crippen molar-refractivity contribution in [1.29, 1.82) is 0 Å². The molecule has 0 bridgehead atoms. The molecule has 32 heavy (non-hydrogen) atoms. The van der Waals surface area contributed by atoms with E-state index in [2.05, 4.69) is 0 Å². The molecule has 0 spiro atoms. The number of carbonyl (C=O) groups is 1. The molecular formula is C17H28O15. The standard InChI is InChI=1S/C17H28O15/c1-3-5(19)7(21)9(23)17(29-3)31-11-10(24)15(27)30-13(14(25)26)12(11)32-16-8(22)6(20)4(18)2-28-16/h3-13,15-24,27H,2H2,1H3,(H,25,26)/t3-,4+,5-,6-,7+,8+,9+,10+,11+,12-,13-,15+,16-,17-/m0/s1. The molecule has 15 heteroatoms. The Labute approximate surface area is 180 Å². The van der Waals surface area contributed by atoms with E-state index in [0.717, 1.165) is 0 Å². The van der Waals surface area contributed by atoms with Crippen molar-refractivity contribution in [3.63, 3.8) is 0 Å². The van der Waals surface area contributed by atoms with Gasteiger partial charge in [0.1, 0.15) is 54.9 Å². The van der Waals surface area contributed by atoms with Crippen LogP contribution < -0.4 is 0 Å². The number of hydrogen-bond acceptors (Lipinski definition) is 14. The van der Waals surface area contributed by atoms with Crippen LogP contribution in [-0.2, 0) is 28.5 Å². The Morgan fingerprint density at radius 1 is 0.750 bits per heavy atom. The highest BCUT2D eigenvalue weighted by Crippen LogP contribution is 2.32. The summed E-state index contributed by atoms with van der Waals surface area (Å²) in [5.41, 5.74) is 0. The summed E-state index contributed by atoms with van der Waals surface area (Å²) in [6.45, 7) is 0.884. The second-order valence-corrected chi connectivity index (χ2v) is 7.91. The number of carboxylic acid groups (broad SMARTS) is 1. The predicted molar refractivity (Wildman–Crippen MR) is 94.4 cm³/mol. The van der Waals surface area contributed by atoms with Gasteiger partial charge in [-0.3, -0.25) is 0 Å². The van der Waals surface area contributed by atoms with Gasteiger partial charge in [0, 0.05) is 0 Å². The van der Waals surface area contributed by atoms with E-state index in [0.29, 0.717) is 0 Å². The summed E-state index contributed by atoms with van der Waals surface area (Å²) in [5.74, 6) is -1.66. The first-order valence-corrected chi connectivity index (χ1v) is 9.84. The summed E-state index contributed by atoms with van der Waals surface area (Å²) in [6.07, 6.45) is -24.0. The summed E-state index contributed by atoms with van der Waals surface area (Å²) in [7, 11) is 0. The van der Waals surface area contributed by atoms with Crippen LogP contribution in [0.15, 0.2) is 0 Å². The minimum atomic E-state index is -2.07. The van der Waals surface area contributed by atoms with Crippen LogP contribution in [0.2, 0.25) is 0 Å². The van der Waals surface area contributed by atoms with E-state index in [1.165, 1.54) is 6.92 Å². The maximum absolute atomic E-state index is 11.7. The fourth-order valence-corrected chi connectivity index (χ4v) is 3.68. The Morgan fingerprint density at radius 2 is 1.34 bits per heavy atom. The van der Waals surface area contributed by atoms with Gasteiger partial charge < -0.3 is 69.6 Å². The number of aliphatic carboxylic acids is 1. The lowest BCUT2D eigenvalue weighted by Gasteiger charge is -2.47. The van der Waals surface area contributed by atoms with Crippen molar-refractivity contribution in [2.45, 2.75) is 92.9 Å². The summed E-state index contributed by atoms with van der Waals surface area (Å²) in [4.78, 5) is 11.7. The van der Waals surface area contributed by atoms with Crippen molar-refractivity contribution in [1.82, 2.24) is 0 Å². The number of aliphatic hydroxyl groups is 8. The lowest BCUT2D eigenvalue weighted by Crippen LogP contribution is -2.66. The Hall–Kier alpha value is -1.05. The minimum Gasteiger partial charge on any atom is -0.479 e. The third-order valence-corrected chi connectivity index (χ3v) is 5.63. The highest BCUT2D eigenvalue weighted by molar-refractivity contribution is 5.73. The molecule has 186 valence electrons. The van der Waals surface area contributed by atoms with Gasteiger partial charge in [-0.25, -0.2) is 4.79 Å². The Bertz CT molecular complexity index is 649. The topological polar surface area (TPSA) is 245 Å². The molecule has 14 atom stereocenters. The molecule has 3 aliphatic rings. The van der Waals surface area contributed by atoms with Gasteiger partial charge >= 0.3 is 5.97 Å². The SMILES string of the molecule is C[C@@H]1O[C@@H](O[C@@H]2[C@@H](O)[C@H](O)O[C@H](C(=O)O)[C@H]2O[C@@H]2OC[C@@H](O)[C@H](O)[C@H]2O)[C@H](O)[C@H](O)[C@H]1O. The molecule has 0 aliphatic carbocycles. The predicted octanol–water partition coefficient (Wildman–Crippen LogP) is -5.81. The average molecular weight is 472 g/mol. The van der Waals surface area contributed by atoms with Crippen molar-refractivity contribution >= 4 is 5.97 Å². The lowest BCUT2D eigenvalue weighted by molar-refractivity contribution is -0.372. The quantitative estimate of drug-likeness (QED) is 0.181. The van der Waals surface area contributed by atoms with Gasteiger partial charge in [0.2, 0.25) is 0 Å². The van der Waals surface area contributed by atoms with Gasteiger partial charge in [0.25, 0.3) is 0 Å². The van der Waals surface area contributed by atoms with Crippen molar-refractivity contribution in [2.24, 2.45) is 0 Å². The molecule has 3 rings (SSSR count). The molecule has 0 aromatic carbocycles. The average Bonchev–Trinajstić information content (AvgIpc) is 2.74. The molecule has 3 fully saturated rings. The fraction of sp³-hybridized carbons (Fsp3) is 0.941. The molecule has 0 aromatic heterocycles. The smallest absolute Gasteiger partial charge is 0.335 e. The van der Waals surface area contributed by atoms with Gasteiger partial charge in [-0.2, -0.15) is 0 Å². The Morgan fingerprint density at radius 3 is 1.97 bits per heavy atom. The number of carboxylic acids is 1. The largest absolute Gasteiger partial charge is 0.479 e. The molecule has 3 saturated heterocycles. The highest BCUT2D eigenvalue weighted by Gasteiger charge is 2.54. The van der Waals surface area contributed by atoms with E-state index in [4.69, 9.17) is 23.7 Å². The van der Waals surface area contributed by atoms with Crippen LogP contribution in [0.3, 0.4) is 0 Å². The molecule has 0 aromatic rings. The maximum atomic E-state index is 11.7. The van der Waals surface area contributed by atoms with Crippen LogP contribution in [-0.4, -0.2) is 145 Å². The molecule has 15 nitrogen and oxygen atoms in total. The molecule has 9 N–H and O–H groups in total. The number of hydrogen-bond donors (Lipinski definition) is 9. The van der Waals surface area contributed by atoms with E-state index in [9.17, 15) is 50.8 Å².